The van der Waals surface area contributed by atoms with Gasteiger partial charge >= 0.3 is 6.18 Å². The minimum Gasteiger partial charge on any atom is -0.441 e. The van der Waals surface area contributed by atoms with Crippen molar-refractivity contribution >= 4 is 0 Å². The number of fused-ring (bicyclic) bond motifs is 4. The zero-order valence-electron chi connectivity index (χ0n) is 17.0. The van der Waals surface area contributed by atoms with Gasteiger partial charge in [-0.2, -0.15) is 13.2 Å². The van der Waals surface area contributed by atoms with Crippen LogP contribution in [0.3, 0.4) is 0 Å². The summed E-state index contributed by atoms with van der Waals surface area (Å²) in [6, 6.07) is 10.5. The first-order valence-electron chi connectivity index (χ1n) is 10.3. The third-order valence-electron chi connectivity index (χ3n) is 6.26. The van der Waals surface area contributed by atoms with Gasteiger partial charge in [0.25, 0.3) is 5.56 Å². The van der Waals surface area contributed by atoms with Gasteiger partial charge in [0, 0.05) is 49.4 Å². The topological polar surface area (TPSA) is 51.3 Å². The number of aryl methyl sites for hydroxylation is 1. The number of oxazole rings is 1. The Balaban J connectivity index is 1.37. The molecule has 1 fully saturated rings. The molecule has 0 radical (unpaired) electrons. The predicted molar refractivity (Wildman–Crippen MR) is 109 cm³/mol. The molecule has 2 atom stereocenters. The number of rotatable bonds is 3. The summed E-state index contributed by atoms with van der Waals surface area (Å²) in [6.45, 7) is 4.74. The molecular weight excluding hydrogens is 407 g/mol. The Bertz CT molecular complexity index is 1180. The molecule has 3 aromatic rings. The van der Waals surface area contributed by atoms with Crippen molar-refractivity contribution in [2.45, 2.75) is 38.5 Å². The quantitative estimate of drug-likeness (QED) is 0.617. The molecule has 0 amide bonds. The number of alkyl halides is 3. The molecule has 162 valence electrons. The molecule has 2 bridgehead atoms. The molecular formula is C23H22F3N3O2. The second-order valence-electron chi connectivity index (χ2n) is 8.49. The Kier molecular flexibility index (Phi) is 4.77. The Hall–Kier alpha value is -2.87. The number of hydrogen-bond donors (Lipinski definition) is 0. The lowest BCUT2D eigenvalue weighted by Crippen LogP contribution is -2.46. The number of benzene rings is 1. The summed E-state index contributed by atoms with van der Waals surface area (Å²) in [5.41, 5.74) is 1.46. The van der Waals surface area contributed by atoms with E-state index in [2.05, 4.69) is 9.88 Å². The first-order chi connectivity index (χ1) is 14.8. The van der Waals surface area contributed by atoms with Crippen molar-refractivity contribution in [3.63, 3.8) is 0 Å². The second kappa shape index (κ2) is 7.37. The van der Waals surface area contributed by atoms with Crippen LogP contribution in [0.2, 0.25) is 0 Å². The van der Waals surface area contributed by atoms with Crippen molar-refractivity contribution in [2.75, 3.05) is 13.1 Å². The first kappa shape index (κ1) is 20.1. The molecule has 1 saturated heterocycles. The Labute approximate surface area is 177 Å². The second-order valence-corrected chi connectivity index (χ2v) is 8.49. The van der Waals surface area contributed by atoms with E-state index in [9.17, 15) is 18.0 Å². The molecule has 1 aromatic carbocycles. The van der Waals surface area contributed by atoms with E-state index in [1.807, 2.05) is 16.7 Å². The average Bonchev–Trinajstić information content (AvgIpc) is 3.09. The molecule has 0 unspecified atom stereocenters. The maximum Gasteiger partial charge on any atom is 0.416 e. The van der Waals surface area contributed by atoms with Crippen LogP contribution < -0.4 is 5.56 Å². The average molecular weight is 429 g/mol. The van der Waals surface area contributed by atoms with Crippen LogP contribution in [-0.2, 0) is 19.3 Å². The minimum atomic E-state index is -4.41. The maximum absolute atomic E-state index is 13.0. The highest BCUT2D eigenvalue weighted by atomic mass is 19.4. The van der Waals surface area contributed by atoms with E-state index < -0.39 is 11.7 Å². The Morgan fingerprint density at radius 3 is 2.74 bits per heavy atom. The van der Waals surface area contributed by atoms with E-state index >= 15 is 0 Å². The van der Waals surface area contributed by atoms with E-state index in [1.165, 1.54) is 6.07 Å². The predicted octanol–water partition coefficient (Wildman–Crippen LogP) is 4.45. The summed E-state index contributed by atoms with van der Waals surface area (Å²) in [4.78, 5) is 19.0. The van der Waals surface area contributed by atoms with E-state index in [1.54, 1.807) is 19.1 Å². The number of likely N-dealkylation sites (tertiary alicyclic amines) is 1. The molecule has 8 heteroatoms. The lowest BCUT2D eigenvalue weighted by atomic mass is 9.83. The normalized spacial score (nSPS) is 21.2. The highest BCUT2D eigenvalue weighted by Gasteiger charge is 2.35. The van der Waals surface area contributed by atoms with Gasteiger partial charge < -0.3 is 8.98 Å². The minimum absolute atomic E-state index is 0.0544. The van der Waals surface area contributed by atoms with Crippen LogP contribution in [0.4, 0.5) is 13.2 Å². The van der Waals surface area contributed by atoms with Crippen LogP contribution in [0.1, 0.15) is 35.1 Å². The molecule has 0 N–H and O–H groups in total. The van der Waals surface area contributed by atoms with E-state index in [0.29, 0.717) is 23.8 Å². The van der Waals surface area contributed by atoms with Gasteiger partial charge in [-0.05, 0) is 43.5 Å². The van der Waals surface area contributed by atoms with Gasteiger partial charge in [0.15, 0.2) is 0 Å². The fourth-order valence-corrected chi connectivity index (χ4v) is 4.86. The molecule has 2 aliphatic heterocycles. The van der Waals surface area contributed by atoms with Crippen molar-refractivity contribution in [2.24, 2.45) is 5.92 Å². The lowest BCUT2D eigenvalue weighted by molar-refractivity contribution is -0.137. The third kappa shape index (κ3) is 3.80. The van der Waals surface area contributed by atoms with Crippen LogP contribution in [-0.4, -0.2) is 27.5 Å². The SMILES string of the molecule is Cc1oc(-c2cccc(C(F)(F)F)c2)nc1CN1C[C@@H]2C[C@@H](C1)c1cccc(=O)n1C2. The molecule has 0 aliphatic carbocycles. The fourth-order valence-electron chi connectivity index (χ4n) is 4.86. The zero-order chi connectivity index (χ0) is 21.8. The summed E-state index contributed by atoms with van der Waals surface area (Å²) >= 11 is 0. The van der Waals surface area contributed by atoms with Crippen molar-refractivity contribution in [1.29, 1.82) is 0 Å². The molecule has 0 spiro atoms. The van der Waals surface area contributed by atoms with Gasteiger partial charge in [0.1, 0.15) is 5.76 Å². The van der Waals surface area contributed by atoms with Crippen LogP contribution in [0.25, 0.3) is 11.5 Å². The summed E-state index contributed by atoms with van der Waals surface area (Å²) < 4.78 is 46.7. The van der Waals surface area contributed by atoms with Crippen molar-refractivity contribution in [3.05, 3.63) is 75.5 Å². The molecule has 5 rings (SSSR count). The van der Waals surface area contributed by atoms with Gasteiger partial charge in [0.2, 0.25) is 5.89 Å². The smallest absolute Gasteiger partial charge is 0.416 e. The molecule has 5 nitrogen and oxygen atoms in total. The Morgan fingerprint density at radius 2 is 1.94 bits per heavy atom. The van der Waals surface area contributed by atoms with Gasteiger partial charge in [0.05, 0.1) is 11.3 Å². The van der Waals surface area contributed by atoms with Crippen molar-refractivity contribution < 1.29 is 17.6 Å². The van der Waals surface area contributed by atoms with Gasteiger partial charge in [-0.25, -0.2) is 4.98 Å². The molecule has 0 saturated carbocycles. The van der Waals surface area contributed by atoms with Gasteiger partial charge in [-0.1, -0.05) is 12.1 Å². The molecule has 2 aromatic heterocycles. The highest BCUT2D eigenvalue weighted by molar-refractivity contribution is 5.55. The van der Waals surface area contributed by atoms with Gasteiger partial charge in [-0.15, -0.1) is 0 Å². The van der Waals surface area contributed by atoms with E-state index in [4.69, 9.17) is 4.42 Å². The number of piperidine rings is 1. The zero-order valence-corrected chi connectivity index (χ0v) is 17.0. The Morgan fingerprint density at radius 1 is 1.13 bits per heavy atom. The lowest BCUT2D eigenvalue weighted by Gasteiger charge is -2.42. The standard InChI is InChI=1S/C23H22F3N3O2/c1-14-19(27-22(31-14)16-4-2-5-18(9-16)23(24,25)26)13-28-10-15-8-17(12-28)20-6-3-7-21(30)29(20)11-15/h2-7,9,15,17H,8,10-13H2,1H3/t15-,17-/m0/s1. The monoisotopic (exact) mass is 429 g/mol. The number of aromatic nitrogens is 2. The largest absolute Gasteiger partial charge is 0.441 e. The number of halogens is 3. The molecule has 2 aliphatic rings. The summed E-state index contributed by atoms with van der Waals surface area (Å²) in [6.07, 6.45) is -3.35. The van der Waals surface area contributed by atoms with Crippen LogP contribution in [0.15, 0.2) is 51.7 Å². The number of nitrogens with zero attached hydrogens (tertiary/aromatic N) is 3. The van der Waals surface area contributed by atoms with Crippen LogP contribution in [0.5, 0.6) is 0 Å². The number of hydrogen-bond acceptors (Lipinski definition) is 4. The fraction of sp³-hybridized carbons (Fsp3) is 0.391. The van der Waals surface area contributed by atoms with Crippen LogP contribution >= 0.6 is 0 Å². The summed E-state index contributed by atoms with van der Waals surface area (Å²) in [5.74, 6) is 1.49. The summed E-state index contributed by atoms with van der Waals surface area (Å²) in [5, 5.41) is 0. The molecule has 31 heavy (non-hydrogen) atoms. The molecule has 4 heterocycles. The van der Waals surface area contributed by atoms with E-state index in [-0.39, 0.29) is 17.4 Å². The van der Waals surface area contributed by atoms with Crippen molar-refractivity contribution in [1.82, 2.24) is 14.5 Å². The first-order valence-corrected chi connectivity index (χ1v) is 10.3. The van der Waals surface area contributed by atoms with Crippen molar-refractivity contribution in [3.8, 4) is 11.5 Å². The van der Waals surface area contributed by atoms with E-state index in [0.717, 1.165) is 49.6 Å². The van der Waals surface area contributed by atoms with Crippen LogP contribution in [0, 0.1) is 12.8 Å². The third-order valence-corrected chi connectivity index (χ3v) is 6.26. The highest BCUT2D eigenvalue weighted by Crippen LogP contribution is 2.36. The maximum atomic E-state index is 13.0. The van der Waals surface area contributed by atoms with Gasteiger partial charge in [-0.3, -0.25) is 9.69 Å². The summed E-state index contributed by atoms with van der Waals surface area (Å²) in [7, 11) is 0. The number of pyridine rings is 1.